The molecule has 2 heteroatoms. The van der Waals surface area contributed by atoms with Crippen molar-refractivity contribution < 1.29 is 4.79 Å². The van der Waals surface area contributed by atoms with E-state index >= 15 is 0 Å². The molecule has 0 unspecified atom stereocenters. The average molecular weight is 259 g/mol. The van der Waals surface area contributed by atoms with Gasteiger partial charge in [-0.05, 0) is 38.9 Å². The minimum Gasteiger partial charge on any atom is -0.303 e. The van der Waals surface area contributed by atoms with Gasteiger partial charge in [0.2, 0.25) is 0 Å². The van der Waals surface area contributed by atoms with Crippen LogP contribution >= 0.6 is 0 Å². The molecule has 0 saturated carbocycles. The van der Waals surface area contributed by atoms with Gasteiger partial charge in [0.25, 0.3) is 0 Å². The Labute approximate surface area is 116 Å². The molecule has 0 aliphatic carbocycles. The summed E-state index contributed by atoms with van der Waals surface area (Å²) < 4.78 is 0. The summed E-state index contributed by atoms with van der Waals surface area (Å²) in [6.07, 6.45) is 8.48. The fourth-order valence-electron chi connectivity index (χ4n) is 2.77. The summed E-state index contributed by atoms with van der Waals surface area (Å²) >= 11 is 0. The third kappa shape index (κ3) is 5.15. The van der Waals surface area contributed by atoms with Crippen molar-refractivity contribution >= 4 is 5.78 Å². The highest BCUT2D eigenvalue weighted by Gasteiger charge is 2.09. The van der Waals surface area contributed by atoms with Gasteiger partial charge in [-0.25, -0.2) is 0 Å². The number of benzene rings is 1. The third-order valence-electron chi connectivity index (χ3n) is 3.92. The SMILES string of the molecule is O=C(CCCN1CCCCCCC1)c1ccccc1. The van der Waals surface area contributed by atoms with Crippen molar-refractivity contribution in [2.45, 2.75) is 44.9 Å². The van der Waals surface area contributed by atoms with Gasteiger partial charge in [-0.1, -0.05) is 49.6 Å². The van der Waals surface area contributed by atoms with Crippen LogP contribution in [-0.2, 0) is 0 Å². The molecule has 1 aliphatic heterocycles. The van der Waals surface area contributed by atoms with Crippen molar-refractivity contribution in [3.8, 4) is 0 Å². The molecule has 1 saturated heterocycles. The Morgan fingerprint density at radius 2 is 1.58 bits per heavy atom. The van der Waals surface area contributed by atoms with E-state index in [1.807, 2.05) is 30.3 Å². The van der Waals surface area contributed by atoms with E-state index < -0.39 is 0 Å². The maximum Gasteiger partial charge on any atom is 0.162 e. The summed E-state index contributed by atoms with van der Waals surface area (Å²) in [5, 5.41) is 0. The molecule has 0 amide bonds. The second kappa shape index (κ2) is 8.11. The summed E-state index contributed by atoms with van der Waals surface area (Å²) in [7, 11) is 0. The molecule has 1 aromatic carbocycles. The zero-order valence-electron chi connectivity index (χ0n) is 11.8. The van der Waals surface area contributed by atoms with Gasteiger partial charge < -0.3 is 4.90 Å². The zero-order valence-corrected chi connectivity index (χ0v) is 11.8. The Morgan fingerprint density at radius 1 is 0.947 bits per heavy atom. The Balaban J connectivity index is 1.69. The lowest BCUT2D eigenvalue weighted by atomic mass is 10.1. The first-order chi connectivity index (χ1) is 9.36. The molecular formula is C17H25NO. The molecule has 1 aromatic rings. The fourth-order valence-corrected chi connectivity index (χ4v) is 2.77. The van der Waals surface area contributed by atoms with E-state index in [-0.39, 0.29) is 5.78 Å². The van der Waals surface area contributed by atoms with Gasteiger partial charge >= 0.3 is 0 Å². The van der Waals surface area contributed by atoms with Gasteiger partial charge in [0.1, 0.15) is 0 Å². The zero-order chi connectivity index (χ0) is 13.3. The van der Waals surface area contributed by atoms with Crippen LogP contribution in [0.15, 0.2) is 30.3 Å². The lowest BCUT2D eigenvalue weighted by Crippen LogP contribution is -2.28. The Morgan fingerprint density at radius 3 is 2.26 bits per heavy atom. The molecule has 0 bridgehead atoms. The van der Waals surface area contributed by atoms with Crippen molar-refractivity contribution in [2.75, 3.05) is 19.6 Å². The van der Waals surface area contributed by atoms with Crippen LogP contribution in [0.3, 0.4) is 0 Å². The van der Waals surface area contributed by atoms with Crippen LogP contribution in [-0.4, -0.2) is 30.3 Å². The predicted molar refractivity (Wildman–Crippen MR) is 79.5 cm³/mol. The van der Waals surface area contributed by atoms with Crippen LogP contribution in [0.1, 0.15) is 55.3 Å². The van der Waals surface area contributed by atoms with Crippen LogP contribution in [0.5, 0.6) is 0 Å². The molecule has 19 heavy (non-hydrogen) atoms. The number of nitrogens with zero attached hydrogens (tertiary/aromatic N) is 1. The standard InChI is InChI=1S/C17H25NO/c19-17(16-10-5-4-6-11-16)12-9-15-18-13-7-2-1-3-8-14-18/h4-6,10-11H,1-3,7-9,12-15H2. The number of ketones is 1. The molecule has 2 nitrogen and oxygen atoms in total. The van der Waals surface area contributed by atoms with Gasteiger partial charge in [0.15, 0.2) is 5.78 Å². The largest absolute Gasteiger partial charge is 0.303 e. The number of likely N-dealkylation sites (tertiary alicyclic amines) is 1. The minimum absolute atomic E-state index is 0.285. The van der Waals surface area contributed by atoms with Crippen molar-refractivity contribution in [3.63, 3.8) is 0 Å². The normalized spacial score (nSPS) is 17.7. The first kappa shape index (κ1) is 14.3. The van der Waals surface area contributed by atoms with Crippen LogP contribution in [0.4, 0.5) is 0 Å². The van der Waals surface area contributed by atoms with Gasteiger partial charge in [-0.3, -0.25) is 4.79 Å². The average Bonchev–Trinajstić information content (AvgIpc) is 2.42. The van der Waals surface area contributed by atoms with E-state index in [4.69, 9.17) is 0 Å². The van der Waals surface area contributed by atoms with Gasteiger partial charge in [-0.15, -0.1) is 0 Å². The molecule has 1 heterocycles. The summed E-state index contributed by atoms with van der Waals surface area (Å²) in [5.74, 6) is 0.285. The molecule has 1 fully saturated rings. The Bertz CT molecular complexity index is 366. The highest BCUT2D eigenvalue weighted by atomic mass is 16.1. The summed E-state index contributed by atoms with van der Waals surface area (Å²) in [5.41, 5.74) is 0.857. The number of carbonyl (C=O) groups excluding carboxylic acids is 1. The summed E-state index contributed by atoms with van der Waals surface area (Å²) in [6.45, 7) is 3.53. The second-order valence-corrected chi connectivity index (χ2v) is 5.50. The number of hydrogen-bond acceptors (Lipinski definition) is 2. The third-order valence-corrected chi connectivity index (χ3v) is 3.92. The van der Waals surface area contributed by atoms with Crippen molar-refractivity contribution in [2.24, 2.45) is 0 Å². The lowest BCUT2D eigenvalue weighted by Gasteiger charge is -2.24. The van der Waals surface area contributed by atoms with Crippen molar-refractivity contribution in [1.82, 2.24) is 4.90 Å². The number of hydrogen-bond donors (Lipinski definition) is 0. The second-order valence-electron chi connectivity index (χ2n) is 5.50. The monoisotopic (exact) mass is 259 g/mol. The fraction of sp³-hybridized carbons (Fsp3) is 0.588. The minimum atomic E-state index is 0.285. The molecular weight excluding hydrogens is 234 g/mol. The van der Waals surface area contributed by atoms with E-state index in [0.717, 1.165) is 18.5 Å². The molecule has 0 atom stereocenters. The van der Waals surface area contributed by atoms with Crippen LogP contribution in [0.25, 0.3) is 0 Å². The van der Waals surface area contributed by atoms with E-state index in [9.17, 15) is 4.79 Å². The van der Waals surface area contributed by atoms with Crippen molar-refractivity contribution in [3.05, 3.63) is 35.9 Å². The van der Waals surface area contributed by atoms with Gasteiger partial charge in [-0.2, -0.15) is 0 Å². The molecule has 2 rings (SSSR count). The van der Waals surface area contributed by atoms with Gasteiger partial charge in [0.05, 0.1) is 0 Å². The number of rotatable bonds is 5. The highest BCUT2D eigenvalue weighted by Crippen LogP contribution is 2.12. The van der Waals surface area contributed by atoms with Crippen LogP contribution < -0.4 is 0 Å². The van der Waals surface area contributed by atoms with E-state index in [1.54, 1.807) is 0 Å². The van der Waals surface area contributed by atoms with E-state index in [1.165, 1.54) is 45.2 Å². The quantitative estimate of drug-likeness (QED) is 0.747. The molecule has 1 aliphatic rings. The molecule has 0 spiro atoms. The summed E-state index contributed by atoms with van der Waals surface area (Å²) in [6, 6.07) is 9.66. The molecule has 0 radical (unpaired) electrons. The molecule has 0 N–H and O–H groups in total. The number of Topliss-reactive ketones (excluding diaryl/α,β-unsaturated/α-hetero) is 1. The predicted octanol–water partition coefficient (Wildman–Crippen LogP) is 3.92. The lowest BCUT2D eigenvalue weighted by molar-refractivity contribution is 0.0974. The first-order valence-corrected chi connectivity index (χ1v) is 7.67. The topological polar surface area (TPSA) is 20.3 Å². The van der Waals surface area contributed by atoms with E-state index in [2.05, 4.69) is 4.90 Å². The molecule has 0 aromatic heterocycles. The molecule has 104 valence electrons. The Kier molecular flexibility index (Phi) is 6.09. The van der Waals surface area contributed by atoms with Gasteiger partial charge in [0, 0.05) is 12.0 Å². The highest BCUT2D eigenvalue weighted by molar-refractivity contribution is 5.95. The Hall–Kier alpha value is -1.15. The van der Waals surface area contributed by atoms with E-state index in [0.29, 0.717) is 6.42 Å². The maximum atomic E-state index is 12.0. The maximum absolute atomic E-state index is 12.0. The summed E-state index contributed by atoms with van der Waals surface area (Å²) in [4.78, 5) is 14.5. The number of carbonyl (C=O) groups is 1. The first-order valence-electron chi connectivity index (χ1n) is 7.67. The van der Waals surface area contributed by atoms with Crippen LogP contribution in [0, 0.1) is 0 Å². The smallest absolute Gasteiger partial charge is 0.162 e. The van der Waals surface area contributed by atoms with Crippen LogP contribution in [0.2, 0.25) is 0 Å². The van der Waals surface area contributed by atoms with Crippen molar-refractivity contribution in [1.29, 1.82) is 0 Å².